The van der Waals surface area contributed by atoms with Crippen LogP contribution in [0.1, 0.15) is 30.3 Å². The van der Waals surface area contributed by atoms with Crippen molar-refractivity contribution in [1.82, 2.24) is 4.98 Å². The van der Waals surface area contributed by atoms with Crippen molar-refractivity contribution in [3.63, 3.8) is 0 Å². The van der Waals surface area contributed by atoms with Gasteiger partial charge in [0.15, 0.2) is 5.69 Å². The Morgan fingerprint density at radius 1 is 1.67 bits per heavy atom. The van der Waals surface area contributed by atoms with Crippen molar-refractivity contribution in [3.05, 3.63) is 12.0 Å². The van der Waals surface area contributed by atoms with E-state index in [4.69, 9.17) is 13.9 Å². The van der Waals surface area contributed by atoms with Crippen molar-refractivity contribution < 1.29 is 18.7 Å². The third-order valence-corrected chi connectivity index (χ3v) is 2.11. The minimum Gasteiger partial charge on any atom is -0.461 e. The molecule has 1 saturated carbocycles. The quantitative estimate of drug-likeness (QED) is 0.693. The summed E-state index contributed by atoms with van der Waals surface area (Å²) in [5.74, 6) is 0.144. The van der Waals surface area contributed by atoms with Gasteiger partial charge in [-0.15, -0.1) is 0 Å². The number of hydrogen-bond acceptors (Lipinski definition) is 5. The fraction of sp³-hybridized carbons (Fsp3) is 0.600. The highest BCUT2D eigenvalue weighted by Gasteiger charge is 2.23. The molecule has 0 unspecified atom stereocenters. The van der Waals surface area contributed by atoms with Gasteiger partial charge in [0.1, 0.15) is 6.26 Å². The summed E-state index contributed by atoms with van der Waals surface area (Å²) in [7, 11) is 0. The first-order valence-electron chi connectivity index (χ1n) is 5.05. The largest absolute Gasteiger partial charge is 0.461 e. The number of ether oxygens (including phenoxy) is 2. The molecule has 0 amide bonds. The van der Waals surface area contributed by atoms with Crippen molar-refractivity contribution >= 4 is 5.97 Å². The van der Waals surface area contributed by atoms with E-state index in [2.05, 4.69) is 4.98 Å². The lowest BCUT2D eigenvalue weighted by Gasteiger charge is -1.97. The van der Waals surface area contributed by atoms with E-state index in [0.717, 1.165) is 0 Å². The molecule has 0 bridgehead atoms. The van der Waals surface area contributed by atoms with Gasteiger partial charge in [0.2, 0.25) is 0 Å². The summed E-state index contributed by atoms with van der Waals surface area (Å²) in [6.07, 6.45) is 3.79. The van der Waals surface area contributed by atoms with Crippen LogP contribution in [-0.2, 0) is 4.74 Å². The third-order valence-electron chi connectivity index (χ3n) is 2.11. The van der Waals surface area contributed by atoms with Crippen molar-refractivity contribution in [3.8, 4) is 6.08 Å². The molecule has 0 atom stereocenters. The molecule has 1 aromatic rings. The van der Waals surface area contributed by atoms with Gasteiger partial charge >= 0.3 is 12.0 Å². The molecule has 82 valence electrons. The van der Waals surface area contributed by atoms with E-state index in [1.807, 2.05) is 0 Å². The van der Waals surface area contributed by atoms with Crippen LogP contribution in [0, 0.1) is 5.92 Å². The molecule has 0 N–H and O–H groups in total. The highest BCUT2D eigenvalue weighted by atomic mass is 16.6. The summed E-state index contributed by atoms with van der Waals surface area (Å²) in [6, 6.07) is 0. The molecule has 1 aliphatic carbocycles. The molecule has 15 heavy (non-hydrogen) atoms. The van der Waals surface area contributed by atoms with Crippen LogP contribution < -0.4 is 4.74 Å². The van der Waals surface area contributed by atoms with Crippen LogP contribution in [0.4, 0.5) is 0 Å². The fourth-order valence-electron chi connectivity index (χ4n) is 1.10. The first-order valence-corrected chi connectivity index (χ1v) is 5.05. The lowest BCUT2D eigenvalue weighted by atomic mass is 10.5. The Kier molecular flexibility index (Phi) is 2.89. The second kappa shape index (κ2) is 4.33. The monoisotopic (exact) mass is 211 g/mol. The Bertz CT molecular complexity index is 343. The molecule has 0 aliphatic heterocycles. The number of carbonyl (C=O) groups is 1. The maximum atomic E-state index is 11.2. The van der Waals surface area contributed by atoms with Crippen molar-refractivity contribution in [2.24, 2.45) is 5.92 Å². The normalized spacial score (nSPS) is 15.0. The van der Waals surface area contributed by atoms with Gasteiger partial charge < -0.3 is 13.9 Å². The van der Waals surface area contributed by atoms with E-state index >= 15 is 0 Å². The van der Waals surface area contributed by atoms with Crippen molar-refractivity contribution in [2.75, 3.05) is 13.2 Å². The van der Waals surface area contributed by atoms with Crippen LogP contribution in [-0.4, -0.2) is 24.2 Å². The van der Waals surface area contributed by atoms with Crippen LogP contribution in [0.2, 0.25) is 0 Å². The molecule has 0 radical (unpaired) electrons. The zero-order valence-corrected chi connectivity index (χ0v) is 8.56. The van der Waals surface area contributed by atoms with E-state index in [9.17, 15) is 4.79 Å². The number of aromatic nitrogens is 1. The summed E-state index contributed by atoms with van der Waals surface area (Å²) < 4.78 is 15.0. The third kappa shape index (κ3) is 2.71. The second-order valence-corrected chi connectivity index (χ2v) is 3.47. The fourth-order valence-corrected chi connectivity index (χ4v) is 1.10. The molecule has 1 aromatic heterocycles. The van der Waals surface area contributed by atoms with Crippen molar-refractivity contribution in [2.45, 2.75) is 19.8 Å². The van der Waals surface area contributed by atoms with Gasteiger partial charge in [-0.2, -0.15) is 4.98 Å². The van der Waals surface area contributed by atoms with Crippen LogP contribution in [0.3, 0.4) is 0 Å². The molecular formula is C10H13NO4. The average Bonchev–Trinajstić information content (AvgIpc) is 2.93. The Labute approximate surface area is 87.4 Å². The first-order chi connectivity index (χ1) is 7.29. The lowest BCUT2D eigenvalue weighted by Crippen LogP contribution is -2.05. The molecule has 1 aliphatic rings. The van der Waals surface area contributed by atoms with E-state index < -0.39 is 5.97 Å². The molecule has 0 saturated heterocycles. The van der Waals surface area contributed by atoms with E-state index in [0.29, 0.717) is 19.1 Å². The Morgan fingerprint density at radius 3 is 3.13 bits per heavy atom. The number of oxazole rings is 1. The molecule has 1 fully saturated rings. The van der Waals surface area contributed by atoms with Gasteiger partial charge in [0, 0.05) is 0 Å². The zero-order valence-electron chi connectivity index (χ0n) is 8.56. The number of nitrogens with zero attached hydrogens (tertiary/aromatic N) is 1. The average molecular weight is 211 g/mol. The molecule has 1 heterocycles. The van der Waals surface area contributed by atoms with Gasteiger partial charge in [-0.25, -0.2) is 4.79 Å². The smallest absolute Gasteiger partial charge is 0.394 e. The van der Waals surface area contributed by atoms with Gasteiger partial charge in [0.25, 0.3) is 0 Å². The maximum absolute atomic E-state index is 11.2. The molecule has 5 nitrogen and oxygen atoms in total. The number of hydrogen-bond donors (Lipinski definition) is 0. The minimum atomic E-state index is -0.484. The Hall–Kier alpha value is -1.52. The lowest BCUT2D eigenvalue weighted by molar-refractivity contribution is 0.0519. The molecular weight excluding hydrogens is 198 g/mol. The van der Waals surface area contributed by atoms with Crippen LogP contribution in [0.15, 0.2) is 10.7 Å². The van der Waals surface area contributed by atoms with Gasteiger partial charge in [-0.05, 0) is 25.7 Å². The van der Waals surface area contributed by atoms with Crippen LogP contribution >= 0.6 is 0 Å². The zero-order chi connectivity index (χ0) is 10.7. The molecule has 5 heteroatoms. The van der Waals surface area contributed by atoms with Gasteiger partial charge in [-0.3, -0.25) is 0 Å². The predicted octanol–water partition coefficient (Wildman–Crippen LogP) is 1.64. The topological polar surface area (TPSA) is 61.6 Å². The minimum absolute atomic E-state index is 0.143. The van der Waals surface area contributed by atoms with Gasteiger partial charge in [0.05, 0.1) is 13.2 Å². The number of carbonyl (C=O) groups excluding carboxylic acids is 1. The van der Waals surface area contributed by atoms with E-state index in [1.54, 1.807) is 6.92 Å². The summed E-state index contributed by atoms with van der Waals surface area (Å²) in [5, 5.41) is 0. The molecule has 2 rings (SSSR count). The number of rotatable bonds is 5. The SMILES string of the molecule is CCOC(=O)c1coc(OCC2CC2)n1. The Morgan fingerprint density at radius 2 is 2.47 bits per heavy atom. The van der Waals surface area contributed by atoms with Crippen LogP contribution in [0.25, 0.3) is 0 Å². The number of esters is 1. The van der Waals surface area contributed by atoms with E-state index in [-0.39, 0.29) is 11.8 Å². The van der Waals surface area contributed by atoms with Crippen LogP contribution in [0.5, 0.6) is 6.08 Å². The van der Waals surface area contributed by atoms with Gasteiger partial charge in [-0.1, -0.05) is 0 Å². The highest BCUT2D eigenvalue weighted by Crippen LogP contribution is 2.29. The Balaban J connectivity index is 1.87. The summed E-state index contributed by atoms with van der Waals surface area (Å²) in [5.41, 5.74) is 0.155. The maximum Gasteiger partial charge on any atom is 0.394 e. The van der Waals surface area contributed by atoms with E-state index in [1.165, 1.54) is 19.1 Å². The first kappa shape index (κ1) is 10.0. The second-order valence-electron chi connectivity index (χ2n) is 3.47. The standard InChI is InChI=1S/C10H13NO4/c1-2-13-9(12)8-6-15-10(11-8)14-5-7-3-4-7/h6-7H,2-5H2,1H3. The highest BCUT2D eigenvalue weighted by molar-refractivity contribution is 5.86. The summed E-state index contributed by atoms with van der Waals surface area (Å²) in [6.45, 7) is 2.68. The van der Waals surface area contributed by atoms with Crippen molar-refractivity contribution in [1.29, 1.82) is 0 Å². The summed E-state index contributed by atoms with van der Waals surface area (Å²) in [4.78, 5) is 15.1. The molecule has 0 spiro atoms. The summed E-state index contributed by atoms with van der Waals surface area (Å²) >= 11 is 0. The predicted molar refractivity (Wildman–Crippen MR) is 50.7 cm³/mol. The molecule has 0 aromatic carbocycles.